The largest absolute Gasteiger partial charge is 0.350 e. The Kier molecular flexibility index (Phi) is 3.60. The summed E-state index contributed by atoms with van der Waals surface area (Å²) >= 11 is 0. The summed E-state index contributed by atoms with van der Waals surface area (Å²) in [4.78, 5) is 25.7. The summed E-state index contributed by atoms with van der Waals surface area (Å²) < 4.78 is 23.9. The van der Waals surface area contributed by atoms with Crippen LogP contribution in [0.3, 0.4) is 0 Å². The Morgan fingerprint density at radius 2 is 1.90 bits per heavy atom. The van der Waals surface area contributed by atoms with E-state index in [1.807, 2.05) is 0 Å². The summed E-state index contributed by atoms with van der Waals surface area (Å²) in [5.74, 6) is -0.0651. The number of ether oxygens (including phenoxy) is 4. The van der Waals surface area contributed by atoms with E-state index in [1.165, 1.54) is 0 Å². The highest BCUT2D eigenvalue weighted by molar-refractivity contribution is 5.94. The number of carbonyl (C=O) groups excluding carboxylic acids is 2. The molecule has 2 saturated carbocycles. The average molecular weight is 400 g/mol. The van der Waals surface area contributed by atoms with Crippen LogP contribution in [0.1, 0.15) is 46.0 Å². The van der Waals surface area contributed by atoms with Crippen molar-refractivity contribution in [3.8, 4) is 0 Å². The zero-order valence-electron chi connectivity index (χ0n) is 17.1. The lowest BCUT2D eigenvalue weighted by Gasteiger charge is -2.57. The smallest absolute Gasteiger partial charge is 0.226 e. The highest BCUT2D eigenvalue weighted by atomic mass is 16.9. The first-order chi connectivity index (χ1) is 13.9. The third-order valence-electron chi connectivity index (χ3n) is 9.22. The van der Waals surface area contributed by atoms with E-state index < -0.39 is 11.4 Å². The highest BCUT2D eigenvalue weighted by Gasteiger charge is 2.76. The molecular formula is C23H28O6. The Hall–Kier alpha value is -1.34. The number of Topliss-reactive ketones (excluding diaryl/α,β-unsaturated/α-hetero) is 1. The third kappa shape index (κ3) is 2.02. The number of hydrogen-bond acceptors (Lipinski definition) is 6. The van der Waals surface area contributed by atoms with Gasteiger partial charge in [0, 0.05) is 29.6 Å². The molecule has 2 spiro atoms. The topological polar surface area (TPSA) is 71.1 Å². The molecule has 4 aliphatic carbocycles. The molecule has 2 aliphatic heterocycles. The summed E-state index contributed by atoms with van der Waals surface area (Å²) in [5, 5.41) is 0. The van der Waals surface area contributed by atoms with E-state index >= 15 is 0 Å². The van der Waals surface area contributed by atoms with E-state index in [0.29, 0.717) is 25.4 Å². The standard InChI is InChI=1S/C23H28O6/c1-20-7-5-15(24)9-14(20)3-4-16-17-6-8-22(21(17,2)10-18(25)19(16)20)23(29-13-27-22)11-26-12-28-23/h3-4,9,16-17,19H,5-8,10-13H2,1-2H3/t16-,17-,19+,20-,21-,22+,23?/m0/s1. The molecule has 0 aromatic heterocycles. The molecule has 1 unspecified atom stereocenters. The van der Waals surface area contributed by atoms with Crippen molar-refractivity contribution < 1.29 is 28.5 Å². The van der Waals surface area contributed by atoms with Crippen LogP contribution in [0.4, 0.5) is 0 Å². The normalized spacial score (nSPS) is 53.3. The van der Waals surface area contributed by atoms with Gasteiger partial charge in [-0.25, -0.2) is 0 Å². The highest BCUT2D eigenvalue weighted by Crippen LogP contribution is 2.69. The van der Waals surface area contributed by atoms with Gasteiger partial charge < -0.3 is 18.9 Å². The Morgan fingerprint density at radius 1 is 1.07 bits per heavy atom. The van der Waals surface area contributed by atoms with Crippen molar-refractivity contribution in [2.75, 3.05) is 20.2 Å². The van der Waals surface area contributed by atoms with Crippen molar-refractivity contribution in [2.24, 2.45) is 28.6 Å². The molecule has 0 bridgehead atoms. The monoisotopic (exact) mass is 400 g/mol. The minimum atomic E-state index is -0.909. The molecule has 7 atom stereocenters. The minimum absolute atomic E-state index is 0.0703. The first-order valence-corrected chi connectivity index (χ1v) is 10.8. The summed E-state index contributed by atoms with van der Waals surface area (Å²) in [5.41, 5.74) is -0.250. The van der Waals surface area contributed by atoms with Crippen LogP contribution in [0.2, 0.25) is 0 Å². The van der Waals surface area contributed by atoms with E-state index in [9.17, 15) is 9.59 Å². The maximum absolute atomic E-state index is 13.7. The fourth-order valence-electron chi connectivity index (χ4n) is 7.81. The molecule has 0 aromatic carbocycles. The predicted molar refractivity (Wildman–Crippen MR) is 101 cm³/mol. The molecule has 0 amide bonds. The van der Waals surface area contributed by atoms with Crippen molar-refractivity contribution in [1.82, 2.24) is 0 Å². The van der Waals surface area contributed by atoms with Gasteiger partial charge in [-0.3, -0.25) is 9.59 Å². The minimum Gasteiger partial charge on any atom is -0.350 e. The fraction of sp³-hybridized carbons (Fsp3) is 0.739. The Labute approximate surface area is 170 Å². The summed E-state index contributed by atoms with van der Waals surface area (Å²) in [6.45, 7) is 5.10. The van der Waals surface area contributed by atoms with Crippen molar-refractivity contribution in [2.45, 2.75) is 57.3 Å². The van der Waals surface area contributed by atoms with Crippen LogP contribution < -0.4 is 0 Å². The molecule has 0 radical (unpaired) electrons. The number of allylic oxidation sites excluding steroid dienone is 4. The summed E-state index contributed by atoms with van der Waals surface area (Å²) in [6, 6.07) is 0. The molecule has 2 saturated heterocycles. The molecule has 0 N–H and O–H groups in total. The average Bonchev–Trinajstić information content (AvgIpc) is 3.37. The molecular weight excluding hydrogens is 372 g/mol. The second-order valence-corrected chi connectivity index (χ2v) is 10.2. The number of ketones is 2. The SMILES string of the molecule is C[C@]12CCC(=O)C=C1C=C[C@@H]1[C@@H]2C(=O)C[C@@]2(C)[C@H]1CC[C@@]21OCOC12COCO2. The third-order valence-corrected chi connectivity index (χ3v) is 9.22. The van der Waals surface area contributed by atoms with Crippen molar-refractivity contribution in [3.63, 3.8) is 0 Å². The van der Waals surface area contributed by atoms with Crippen LogP contribution in [0, 0.1) is 28.6 Å². The zero-order chi connectivity index (χ0) is 20.1. The van der Waals surface area contributed by atoms with E-state index in [2.05, 4.69) is 26.0 Å². The van der Waals surface area contributed by atoms with Crippen LogP contribution in [0.5, 0.6) is 0 Å². The van der Waals surface area contributed by atoms with Crippen LogP contribution >= 0.6 is 0 Å². The lowest BCUT2D eigenvalue weighted by atomic mass is 9.47. The maximum Gasteiger partial charge on any atom is 0.226 e. The van der Waals surface area contributed by atoms with Crippen LogP contribution in [-0.4, -0.2) is 43.1 Å². The molecule has 0 aromatic rings. The van der Waals surface area contributed by atoms with Crippen molar-refractivity contribution in [1.29, 1.82) is 0 Å². The van der Waals surface area contributed by atoms with Gasteiger partial charge in [0.1, 0.15) is 18.0 Å². The van der Waals surface area contributed by atoms with Gasteiger partial charge >= 0.3 is 0 Å². The lowest BCUT2D eigenvalue weighted by molar-refractivity contribution is -0.244. The van der Waals surface area contributed by atoms with E-state index in [0.717, 1.165) is 24.8 Å². The van der Waals surface area contributed by atoms with Gasteiger partial charge in [0.15, 0.2) is 19.4 Å². The van der Waals surface area contributed by atoms with Crippen molar-refractivity contribution >= 4 is 11.6 Å². The molecule has 6 rings (SSSR count). The number of hydrogen-bond donors (Lipinski definition) is 0. The van der Waals surface area contributed by atoms with Crippen molar-refractivity contribution in [3.05, 3.63) is 23.8 Å². The summed E-state index contributed by atoms with van der Waals surface area (Å²) in [6.07, 6.45) is 9.59. The molecule has 4 fully saturated rings. The Bertz CT molecular complexity index is 848. The molecule has 2 heterocycles. The number of carbonyl (C=O) groups is 2. The zero-order valence-corrected chi connectivity index (χ0v) is 17.1. The van der Waals surface area contributed by atoms with Crippen LogP contribution in [-0.2, 0) is 28.5 Å². The maximum atomic E-state index is 13.7. The van der Waals surface area contributed by atoms with Crippen LogP contribution in [0.25, 0.3) is 0 Å². The predicted octanol–water partition coefficient (Wildman–Crippen LogP) is 2.92. The Morgan fingerprint density at radius 3 is 2.69 bits per heavy atom. The molecule has 6 heteroatoms. The fourth-order valence-corrected chi connectivity index (χ4v) is 7.81. The Balaban J connectivity index is 1.45. The van der Waals surface area contributed by atoms with Gasteiger partial charge in [0.25, 0.3) is 0 Å². The molecule has 156 valence electrons. The second-order valence-electron chi connectivity index (χ2n) is 10.2. The number of rotatable bonds is 0. The van der Waals surface area contributed by atoms with Gasteiger partial charge in [-0.15, -0.1) is 0 Å². The van der Waals surface area contributed by atoms with Gasteiger partial charge in [-0.05, 0) is 42.7 Å². The van der Waals surface area contributed by atoms with Crippen LogP contribution in [0.15, 0.2) is 23.8 Å². The van der Waals surface area contributed by atoms with E-state index in [-0.39, 0.29) is 47.8 Å². The quantitative estimate of drug-likeness (QED) is 0.623. The van der Waals surface area contributed by atoms with E-state index in [4.69, 9.17) is 18.9 Å². The molecule has 6 aliphatic rings. The summed E-state index contributed by atoms with van der Waals surface area (Å²) in [7, 11) is 0. The van der Waals surface area contributed by atoms with Gasteiger partial charge in [-0.1, -0.05) is 26.0 Å². The van der Waals surface area contributed by atoms with Gasteiger partial charge in [0.2, 0.25) is 5.79 Å². The van der Waals surface area contributed by atoms with Gasteiger partial charge in [-0.2, -0.15) is 0 Å². The first kappa shape index (κ1) is 18.4. The molecule has 29 heavy (non-hydrogen) atoms. The first-order valence-electron chi connectivity index (χ1n) is 10.8. The van der Waals surface area contributed by atoms with Gasteiger partial charge in [0.05, 0.1) is 0 Å². The molecule has 6 nitrogen and oxygen atoms in total. The number of fused-ring (bicyclic) bond motifs is 7. The second kappa shape index (κ2) is 5.67. The van der Waals surface area contributed by atoms with E-state index in [1.54, 1.807) is 6.08 Å². The lowest BCUT2D eigenvalue weighted by Crippen LogP contribution is -2.65.